The Hall–Kier alpha value is -2.91. The Balaban J connectivity index is 1.47. The first kappa shape index (κ1) is 27.6. The number of H-pyrrole nitrogens is 1. The van der Waals surface area contributed by atoms with Gasteiger partial charge in [0.25, 0.3) is 5.56 Å². The molecule has 0 aliphatic carbocycles. The monoisotopic (exact) mass is 568 g/mol. The van der Waals surface area contributed by atoms with Gasteiger partial charge < -0.3 is 10.1 Å². The third kappa shape index (κ3) is 5.70. The lowest BCUT2D eigenvalue weighted by Gasteiger charge is -2.37. The van der Waals surface area contributed by atoms with Crippen molar-refractivity contribution in [1.82, 2.24) is 29.5 Å². The Morgan fingerprint density at radius 2 is 1.72 bits per heavy atom. The highest BCUT2D eigenvalue weighted by Gasteiger charge is 2.23. The Labute approximate surface area is 238 Å². The number of hydrogen-bond donors (Lipinski definition) is 2. The molecule has 1 saturated heterocycles. The van der Waals surface area contributed by atoms with Crippen molar-refractivity contribution >= 4 is 34.2 Å². The topological polar surface area (TPSA) is 90.3 Å². The molecule has 10 heteroatoms. The molecule has 1 aliphatic rings. The molecule has 0 radical (unpaired) electrons. The first-order chi connectivity index (χ1) is 18.6. The normalized spacial score (nSPS) is 15.2. The molecule has 0 spiro atoms. The number of nitrogens with one attached hydrogen (secondary N) is 1. The summed E-state index contributed by atoms with van der Waals surface area (Å²) in [4.78, 5) is 25.9. The van der Waals surface area contributed by atoms with Crippen LogP contribution in [0.25, 0.3) is 16.7 Å². The summed E-state index contributed by atoms with van der Waals surface area (Å²) in [5, 5.41) is 16.6. The molecule has 8 nitrogen and oxygen atoms in total. The van der Waals surface area contributed by atoms with Gasteiger partial charge in [-0.05, 0) is 43.5 Å². The molecule has 2 aromatic heterocycles. The van der Waals surface area contributed by atoms with E-state index in [1.54, 1.807) is 28.9 Å². The van der Waals surface area contributed by atoms with Crippen LogP contribution in [0.3, 0.4) is 0 Å². The number of aromatic hydroxyl groups is 1. The van der Waals surface area contributed by atoms with Gasteiger partial charge in [0, 0.05) is 50.7 Å². The van der Waals surface area contributed by atoms with E-state index in [1.807, 2.05) is 26.0 Å². The second-order valence-corrected chi connectivity index (χ2v) is 11.6. The van der Waals surface area contributed by atoms with Crippen LogP contribution in [0, 0.1) is 0 Å². The molecule has 2 N–H and O–H groups in total. The van der Waals surface area contributed by atoms with Crippen molar-refractivity contribution in [2.24, 2.45) is 0 Å². The number of para-hydroxylation sites is 1. The van der Waals surface area contributed by atoms with Crippen LogP contribution >= 0.6 is 23.2 Å². The standard InChI is InChI=1S/C29H34Cl2N6O2/c1-17(2)26-25-28(37(34-26)27-21(30)6-5-7-22(27)31)32-24(33-29(25)39)15-19-8-9-23(38)20(14-19)16-35-10-12-36(13-11-35)18(3)4/h5-9,14,17-18,38H,10-13,15-16H2,1-4H3,(H,32,33,39). The van der Waals surface area contributed by atoms with Crippen molar-refractivity contribution in [2.45, 2.75) is 52.6 Å². The molecule has 5 rings (SSSR count). The Morgan fingerprint density at radius 1 is 1.03 bits per heavy atom. The van der Waals surface area contributed by atoms with Crippen molar-refractivity contribution in [1.29, 1.82) is 0 Å². The molecular formula is C29H34Cl2N6O2. The Kier molecular flexibility index (Phi) is 8.01. The van der Waals surface area contributed by atoms with Gasteiger partial charge in [-0.25, -0.2) is 9.67 Å². The summed E-state index contributed by atoms with van der Waals surface area (Å²) < 4.78 is 1.58. The molecule has 2 aromatic carbocycles. The van der Waals surface area contributed by atoms with E-state index in [4.69, 9.17) is 33.3 Å². The van der Waals surface area contributed by atoms with Gasteiger partial charge in [0.1, 0.15) is 22.6 Å². The van der Waals surface area contributed by atoms with E-state index in [0.29, 0.717) is 57.3 Å². The number of halogens is 2. The lowest BCUT2D eigenvalue weighted by Crippen LogP contribution is -2.48. The molecular weight excluding hydrogens is 535 g/mol. The lowest BCUT2D eigenvalue weighted by molar-refractivity contribution is 0.103. The van der Waals surface area contributed by atoms with Crippen LogP contribution in [-0.4, -0.2) is 66.9 Å². The molecule has 0 unspecified atom stereocenters. The van der Waals surface area contributed by atoms with Gasteiger partial charge in [-0.15, -0.1) is 0 Å². The van der Waals surface area contributed by atoms with E-state index in [9.17, 15) is 9.90 Å². The SMILES string of the molecule is CC(C)c1nn(-c2c(Cl)cccc2Cl)c2nc(Cc3ccc(O)c(CN4CCN(C(C)C)CC4)c3)[nH]c(=O)c12. The maximum Gasteiger partial charge on any atom is 0.262 e. The molecule has 0 saturated carbocycles. The van der Waals surface area contributed by atoms with Gasteiger partial charge in [-0.3, -0.25) is 14.6 Å². The largest absolute Gasteiger partial charge is 0.508 e. The fraction of sp³-hybridized carbons (Fsp3) is 0.414. The molecule has 1 aliphatic heterocycles. The molecule has 206 valence electrons. The van der Waals surface area contributed by atoms with E-state index >= 15 is 0 Å². The van der Waals surface area contributed by atoms with Crippen LogP contribution in [0.1, 0.15) is 56.3 Å². The van der Waals surface area contributed by atoms with Crippen molar-refractivity contribution in [3.05, 3.63) is 79.4 Å². The second kappa shape index (κ2) is 11.3. The zero-order valence-electron chi connectivity index (χ0n) is 22.7. The maximum atomic E-state index is 13.3. The summed E-state index contributed by atoms with van der Waals surface area (Å²) in [6.07, 6.45) is 0.387. The van der Waals surface area contributed by atoms with E-state index in [1.165, 1.54) is 0 Å². The fourth-order valence-corrected chi connectivity index (χ4v) is 5.74. The number of phenolic OH excluding ortho intramolecular Hbond substituents is 1. The lowest BCUT2D eigenvalue weighted by atomic mass is 10.1. The minimum Gasteiger partial charge on any atom is -0.508 e. The van der Waals surface area contributed by atoms with E-state index in [0.717, 1.165) is 37.3 Å². The predicted octanol–water partition coefficient (Wildman–Crippen LogP) is 5.36. The van der Waals surface area contributed by atoms with Gasteiger partial charge in [-0.1, -0.05) is 55.2 Å². The van der Waals surface area contributed by atoms with Gasteiger partial charge in [0.2, 0.25) is 0 Å². The number of phenols is 1. The molecule has 0 bridgehead atoms. The van der Waals surface area contributed by atoms with E-state index < -0.39 is 0 Å². The smallest absolute Gasteiger partial charge is 0.262 e. The Bertz CT molecular complexity index is 1530. The third-order valence-electron chi connectivity index (χ3n) is 7.36. The zero-order valence-corrected chi connectivity index (χ0v) is 24.2. The number of hydrogen-bond acceptors (Lipinski definition) is 6. The first-order valence-corrected chi connectivity index (χ1v) is 14.1. The predicted molar refractivity (Wildman–Crippen MR) is 156 cm³/mol. The fourth-order valence-electron chi connectivity index (χ4n) is 5.18. The van der Waals surface area contributed by atoms with Crippen LogP contribution in [0.4, 0.5) is 0 Å². The minimum atomic E-state index is -0.254. The van der Waals surface area contributed by atoms with Crippen LogP contribution < -0.4 is 5.56 Å². The van der Waals surface area contributed by atoms with Crippen LogP contribution in [-0.2, 0) is 13.0 Å². The number of fused-ring (bicyclic) bond motifs is 1. The zero-order chi connectivity index (χ0) is 27.8. The summed E-state index contributed by atoms with van der Waals surface area (Å²) in [6, 6.07) is 11.4. The van der Waals surface area contributed by atoms with Crippen molar-refractivity contribution < 1.29 is 5.11 Å². The molecule has 1 fully saturated rings. The van der Waals surface area contributed by atoms with E-state index in [2.05, 4.69) is 28.6 Å². The van der Waals surface area contributed by atoms with Crippen LogP contribution in [0.2, 0.25) is 10.0 Å². The number of nitrogens with zero attached hydrogens (tertiary/aromatic N) is 5. The summed E-state index contributed by atoms with van der Waals surface area (Å²) in [6.45, 7) is 13.0. The molecule has 4 aromatic rings. The van der Waals surface area contributed by atoms with Crippen LogP contribution in [0.15, 0.2) is 41.2 Å². The maximum absolute atomic E-state index is 13.3. The average Bonchev–Trinajstić information content (AvgIpc) is 3.26. The number of aromatic nitrogens is 4. The highest BCUT2D eigenvalue weighted by atomic mass is 35.5. The highest BCUT2D eigenvalue weighted by Crippen LogP contribution is 2.32. The average molecular weight is 570 g/mol. The van der Waals surface area contributed by atoms with Gasteiger partial charge in [-0.2, -0.15) is 5.10 Å². The minimum absolute atomic E-state index is 0.00850. The van der Waals surface area contributed by atoms with Gasteiger partial charge in [0.15, 0.2) is 5.65 Å². The molecule has 0 amide bonds. The molecule has 39 heavy (non-hydrogen) atoms. The number of aromatic amines is 1. The number of rotatable bonds is 7. The summed E-state index contributed by atoms with van der Waals surface area (Å²) in [5.41, 5.74) is 3.09. The molecule has 0 atom stereocenters. The van der Waals surface area contributed by atoms with Crippen molar-refractivity contribution in [2.75, 3.05) is 26.2 Å². The molecule has 3 heterocycles. The second-order valence-electron chi connectivity index (χ2n) is 10.8. The number of piperazine rings is 1. The third-order valence-corrected chi connectivity index (χ3v) is 7.97. The first-order valence-electron chi connectivity index (χ1n) is 13.4. The highest BCUT2D eigenvalue weighted by molar-refractivity contribution is 6.37. The summed E-state index contributed by atoms with van der Waals surface area (Å²) in [5.74, 6) is 0.759. The Morgan fingerprint density at radius 3 is 2.36 bits per heavy atom. The summed E-state index contributed by atoms with van der Waals surface area (Å²) >= 11 is 13.0. The van der Waals surface area contributed by atoms with Crippen molar-refractivity contribution in [3.63, 3.8) is 0 Å². The summed E-state index contributed by atoms with van der Waals surface area (Å²) in [7, 11) is 0. The van der Waals surface area contributed by atoms with Crippen molar-refractivity contribution in [3.8, 4) is 11.4 Å². The van der Waals surface area contributed by atoms with Crippen LogP contribution in [0.5, 0.6) is 5.75 Å². The number of benzene rings is 2. The van der Waals surface area contributed by atoms with E-state index in [-0.39, 0.29) is 17.2 Å². The van der Waals surface area contributed by atoms with Gasteiger partial charge in [0.05, 0.1) is 15.7 Å². The van der Waals surface area contributed by atoms with Gasteiger partial charge >= 0.3 is 0 Å². The quantitative estimate of drug-likeness (QED) is 0.312.